The molecule has 5 nitrogen and oxygen atoms in total. The predicted molar refractivity (Wildman–Crippen MR) is 66.5 cm³/mol. The molecule has 17 heavy (non-hydrogen) atoms. The molecule has 0 atom stereocenters. The first-order valence-electron chi connectivity index (χ1n) is 5.08. The summed E-state index contributed by atoms with van der Waals surface area (Å²) in [6.45, 7) is 0.625. The van der Waals surface area contributed by atoms with Crippen LogP contribution in [0.1, 0.15) is 5.82 Å². The van der Waals surface area contributed by atoms with E-state index >= 15 is 0 Å². The number of benzene rings is 1. The van der Waals surface area contributed by atoms with Gasteiger partial charge in [0.15, 0.2) is 5.82 Å². The van der Waals surface area contributed by atoms with Crippen LogP contribution >= 0.6 is 11.6 Å². The largest absolute Gasteiger partial charge is 0.399 e. The van der Waals surface area contributed by atoms with Crippen LogP contribution < -0.4 is 5.73 Å². The first kappa shape index (κ1) is 11.9. The summed E-state index contributed by atoms with van der Waals surface area (Å²) >= 11 is 5.91. The Morgan fingerprint density at radius 2 is 2.12 bits per heavy atom. The maximum atomic E-state index is 5.91. The van der Waals surface area contributed by atoms with Crippen molar-refractivity contribution in [1.82, 2.24) is 15.0 Å². The van der Waals surface area contributed by atoms with Gasteiger partial charge < -0.3 is 15.2 Å². The van der Waals surface area contributed by atoms with Crippen LogP contribution in [0.3, 0.4) is 0 Å². The maximum Gasteiger partial charge on any atom is 0.258 e. The summed E-state index contributed by atoms with van der Waals surface area (Å²) in [6, 6.07) is 5.16. The van der Waals surface area contributed by atoms with E-state index in [1.807, 2.05) is 19.0 Å². The second kappa shape index (κ2) is 4.73. The second-order valence-corrected chi connectivity index (χ2v) is 4.46. The Kier molecular flexibility index (Phi) is 3.31. The lowest BCUT2D eigenvalue weighted by Crippen LogP contribution is -2.11. The van der Waals surface area contributed by atoms with Crippen LogP contribution in [0.4, 0.5) is 5.69 Å². The van der Waals surface area contributed by atoms with Crippen LogP contribution in [0.5, 0.6) is 0 Å². The quantitative estimate of drug-likeness (QED) is 0.847. The molecular formula is C11H13ClN4O. The molecule has 6 heteroatoms. The molecule has 1 heterocycles. The third-order valence-electron chi connectivity index (χ3n) is 2.09. The standard InChI is InChI=1S/C11H13ClN4O/c1-16(2)6-10-14-11(17-15-10)7-3-8(12)5-9(13)4-7/h3-5H,6,13H2,1-2H3. The fourth-order valence-corrected chi connectivity index (χ4v) is 1.70. The smallest absolute Gasteiger partial charge is 0.258 e. The van der Waals surface area contributed by atoms with Crippen molar-refractivity contribution in [2.45, 2.75) is 6.54 Å². The van der Waals surface area contributed by atoms with E-state index in [0.717, 1.165) is 5.56 Å². The first-order chi connectivity index (χ1) is 8.04. The molecule has 90 valence electrons. The molecule has 0 amide bonds. The molecule has 2 rings (SSSR count). The molecule has 0 bridgehead atoms. The molecule has 0 spiro atoms. The van der Waals surface area contributed by atoms with Crippen molar-refractivity contribution in [2.24, 2.45) is 0 Å². The molecular weight excluding hydrogens is 240 g/mol. The maximum absolute atomic E-state index is 5.91. The average Bonchev–Trinajstić information content (AvgIpc) is 2.63. The Balaban J connectivity index is 2.30. The van der Waals surface area contributed by atoms with E-state index in [4.69, 9.17) is 21.9 Å². The highest BCUT2D eigenvalue weighted by Crippen LogP contribution is 2.24. The number of nitrogen functional groups attached to an aromatic ring is 1. The molecule has 0 saturated carbocycles. The summed E-state index contributed by atoms with van der Waals surface area (Å²) in [4.78, 5) is 6.23. The number of hydrogen-bond donors (Lipinski definition) is 1. The zero-order valence-corrected chi connectivity index (χ0v) is 10.4. The van der Waals surface area contributed by atoms with Crippen LogP contribution in [-0.2, 0) is 6.54 Å². The normalized spacial score (nSPS) is 11.1. The zero-order valence-electron chi connectivity index (χ0n) is 9.64. The molecule has 2 aromatic rings. The van der Waals surface area contributed by atoms with Crippen LogP contribution in [0, 0.1) is 0 Å². The predicted octanol–water partition coefficient (Wildman–Crippen LogP) is 2.03. The van der Waals surface area contributed by atoms with Crippen molar-refractivity contribution in [3.05, 3.63) is 29.0 Å². The minimum atomic E-state index is 0.427. The fraction of sp³-hybridized carbons (Fsp3) is 0.273. The van der Waals surface area contributed by atoms with Gasteiger partial charge in [0.2, 0.25) is 0 Å². The van der Waals surface area contributed by atoms with Gasteiger partial charge >= 0.3 is 0 Å². The molecule has 0 fully saturated rings. The Labute approximate surface area is 104 Å². The number of aromatic nitrogens is 2. The Morgan fingerprint density at radius 1 is 1.35 bits per heavy atom. The number of hydrogen-bond acceptors (Lipinski definition) is 5. The van der Waals surface area contributed by atoms with Crippen molar-refractivity contribution in [1.29, 1.82) is 0 Å². The molecule has 1 aromatic carbocycles. The number of nitrogens with zero attached hydrogens (tertiary/aromatic N) is 3. The van der Waals surface area contributed by atoms with Gasteiger partial charge in [-0.15, -0.1) is 0 Å². The molecule has 2 N–H and O–H groups in total. The summed E-state index contributed by atoms with van der Waals surface area (Å²) in [5.41, 5.74) is 7.00. The highest BCUT2D eigenvalue weighted by molar-refractivity contribution is 6.31. The van der Waals surface area contributed by atoms with Gasteiger partial charge in [-0.2, -0.15) is 4.98 Å². The van der Waals surface area contributed by atoms with Crippen molar-refractivity contribution in [2.75, 3.05) is 19.8 Å². The van der Waals surface area contributed by atoms with Crippen molar-refractivity contribution in [3.8, 4) is 11.5 Å². The average molecular weight is 253 g/mol. The third-order valence-corrected chi connectivity index (χ3v) is 2.31. The van der Waals surface area contributed by atoms with Crippen molar-refractivity contribution < 1.29 is 4.52 Å². The molecule has 0 aliphatic heterocycles. The monoisotopic (exact) mass is 252 g/mol. The fourth-order valence-electron chi connectivity index (χ4n) is 1.45. The van der Waals surface area contributed by atoms with Gasteiger partial charge in [-0.05, 0) is 32.3 Å². The van der Waals surface area contributed by atoms with Gasteiger partial charge in [0.1, 0.15) is 0 Å². The highest BCUT2D eigenvalue weighted by Gasteiger charge is 2.10. The molecule has 0 aliphatic rings. The van der Waals surface area contributed by atoms with E-state index in [1.54, 1.807) is 18.2 Å². The van der Waals surface area contributed by atoms with E-state index in [2.05, 4.69) is 10.1 Å². The summed E-state index contributed by atoms with van der Waals surface area (Å²) in [6.07, 6.45) is 0. The number of nitrogens with two attached hydrogens (primary N) is 1. The van der Waals surface area contributed by atoms with Crippen LogP contribution in [0.25, 0.3) is 11.5 Å². The van der Waals surface area contributed by atoms with E-state index in [1.165, 1.54) is 0 Å². The lowest BCUT2D eigenvalue weighted by molar-refractivity contribution is 0.365. The zero-order chi connectivity index (χ0) is 12.4. The second-order valence-electron chi connectivity index (χ2n) is 4.03. The van der Waals surface area contributed by atoms with E-state index in [-0.39, 0.29) is 0 Å². The molecule has 0 saturated heterocycles. The Morgan fingerprint density at radius 3 is 2.76 bits per heavy atom. The summed E-state index contributed by atoms with van der Waals surface area (Å²) < 4.78 is 5.16. The molecule has 0 radical (unpaired) electrons. The minimum Gasteiger partial charge on any atom is -0.399 e. The number of anilines is 1. The lowest BCUT2D eigenvalue weighted by Gasteiger charge is -2.03. The lowest BCUT2D eigenvalue weighted by atomic mass is 10.2. The van der Waals surface area contributed by atoms with Crippen LogP contribution in [-0.4, -0.2) is 29.1 Å². The van der Waals surface area contributed by atoms with Gasteiger partial charge in [0.25, 0.3) is 5.89 Å². The SMILES string of the molecule is CN(C)Cc1noc(-c2cc(N)cc(Cl)c2)n1. The number of rotatable bonds is 3. The van der Waals surface area contributed by atoms with E-state index < -0.39 is 0 Å². The van der Waals surface area contributed by atoms with Crippen LogP contribution in [0.2, 0.25) is 5.02 Å². The third kappa shape index (κ3) is 2.95. The number of halogens is 1. The van der Waals surface area contributed by atoms with E-state index in [9.17, 15) is 0 Å². The van der Waals surface area contributed by atoms with Gasteiger partial charge in [-0.3, -0.25) is 0 Å². The first-order valence-corrected chi connectivity index (χ1v) is 5.46. The van der Waals surface area contributed by atoms with Gasteiger partial charge in [0.05, 0.1) is 6.54 Å². The van der Waals surface area contributed by atoms with E-state index in [0.29, 0.717) is 29.0 Å². The van der Waals surface area contributed by atoms with Crippen LogP contribution in [0.15, 0.2) is 22.7 Å². The molecule has 0 unspecified atom stereocenters. The molecule has 1 aromatic heterocycles. The summed E-state index contributed by atoms with van der Waals surface area (Å²) in [5, 5.41) is 4.43. The van der Waals surface area contributed by atoms with Crippen molar-refractivity contribution in [3.63, 3.8) is 0 Å². The Bertz CT molecular complexity index is 504. The Hall–Kier alpha value is -1.59. The van der Waals surface area contributed by atoms with Gasteiger partial charge in [0, 0.05) is 16.3 Å². The summed E-state index contributed by atoms with van der Waals surface area (Å²) in [5.74, 6) is 1.06. The highest BCUT2D eigenvalue weighted by atomic mass is 35.5. The summed E-state index contributed by atoms with van der Waals surface area (Å²) in [7, 11) is 3.88. The topological polar surface area (TPSA) is 68.2 Å². The van der Waals surface area contributed by atoms with Gasteiger partial charge in [-0.1, -0.05) is 16.8 Å². The van der Waals surface area contributed by atoms with Crippen molar-refractivity contribution >= 4 is 17.3 Å². The minimum absolute atomic E-state index is 0.427. The molecule has 0 aliphatic carbocycles. The van der Waals surface area contributed by atoms with Gasteiger partial charge in [-0.25, -0.2) is 0 Å².